The lowest BCUT2D eigenvalue weighted by Crippen LogP contribution is -2.64. The second-order valence-electron chi connectivity index (χ2n) is 5.97. The number of ether oxygens (including phenoxy) is 1. The monoisotopic (exact) mass is 429 g/mol. The summed E-state index contributed by atoms with van der Waals surface area (Å²) in [5.41, 5.74) is 0. The minimum absolute atomic E-state index is 0.317. The minimum atomic E-state index is -1.46. The molecule has 13 nitrogen and oxygen atoms in total. The number of aliphatic hydroxyl groups excluding tert-OH is 4. The molecule has 1 fully saturated rings. The van der Waals surface area contributed by atoms with E-state index in [4.69, 9.17) is 39.5 Å². The Bertz CT molecular complexity index is 470. The molecule has 1 aliphatic heterocycles. The fourth-order valence-corrected chi connectivity index (χ4v) is 1.58. The molecule has 1 amide bonds. The standard InChI is InChI=1S/C10H19NO6.3C2H4O2/c1-4(2)9(15)11-6-8(14)7(13)5(3-12)17-10(6)16;3*1-2(3)4/h4-8,10,12-14,16H,3H2,1-2H3,(H,11,15);3*1H3,(H,3,4)/t5-,6-,7+,8-,10?;;;/m1.../s1. The largest absolute Gasteiger partial charge is 0.481 e. The molecule has 1 unspecified atom stereocenters. The molecular formula is C16H31NO12. The van der Waals surface area contributed by atoms with Gasteiger partial charge in [0.25, 0.3) is 17.9 Å². The zero-order valence-corrected chi connectivity index (χ0v) is 16.8. The summed E-state index contributed by atoms with van der Waals surface area (Å²) in [4.78, 5) is 38.4. The van der Waals surface area contributed by atoms with Gasteiger partial charge in [-0.15, -0.1) is 0 Å². The Kier molecular flexibility index (Phi) is 18.0. The van der Waals surface area contributed by atoms with E-state index >= 15 is 0 Å². The van der Waals surface area contributed by atoms with E-state index in [0.717, 1.165) is 20.8 Å². The van der Waals surface area contributed by atoms with Crippen molar-refractivity contribution in [3.05, 3.63) is 0 Å². The van der Waals surface area contributed by atoms with Crippen LogP contribution in [0.4, 0.5) is 0 Å². The Balaban J connectivity index is -0.000000462. The summed E-state index contributed by atoms with van der Waals surface area (Å²) in [6.45, 7) is 6.04. The molecule has 0 aromatic heterocycles. The number of carbonyl (C=O) groups is 4. The van der Waals surface area contributed by atoms with Crippen LogP contribution in [0.5, 0.6) is 0 Å². The number of hydrogen-bond donors (Lipinski definition) is 8. The third-order valence-electron chi connectivity index (χ3n) is 2.73. The fourth-order valence-electron chi connectivity index (χ4n) is 1.58. The van der Waals surface area contributed by atoms with Crippen molar-refractivity contribution in [1.29, 1.82) is 0 Å². The SMILES string of the molecule is CC(=O)O.CC(=O)O.CC(=O)O.CC(C)C(=O)N[C@H]1C(O)O[C@H](CO)[C@H](O)[C@@H]1O. The van der Waals surface area contributed by atoms with Crippen LogP contribution in [0.25, 0.3) is 0 Å². The molecule has 5 atom stereocenters. The van der Waals surface area contributed by atoms with Crippen molar-refractivity contribution in [1.82, 2.24) is 5.32 Å². The van der Waals surface area contributed by atoms with E-state index in [1.807, 2.05) is 0 Å². The van der Waals surface area contributed by atoms with E-state index in [1.165, 1.54) is 0 Å². The summed E-state index contributed by atoms with van der Waals surface area (Å²) in [6, 6.07) is -1.11. The van der Waals surface area contributed by atoms with Crippen LogP contribution in [0.3, 0.4) is 0 Å². The highest BCUT2D eigenvalue weighted by atomic mass is 16.6. The van der Waals surface area contributed by atoms with Crippen LogP contribution in [0.1, 0.15) is 34.6 Å². The zero-order valence-electron chi connectivity index (χ0n) is 16.8. The van der Waals surface area contributed by atoms with Gasteiger partial charge in [0.2, 0.25) is 5.91 Å². The molecule has 0 bridgehead atoms. The van der Waals surface area contributed by atoms with E-state index in [9.17, 15) is 20.1 Å². The van der Waals surface area contributed by atoms with Crippen molar-refractivity contribution in [3.8, 4) is 0 Å². The van der Waals surface area contributed by atoms with Crippen LogP contribution in [-0.4, -0.2) is 96.8 Å². The van der Waals surface area contributed by atoms with E-state index in [2.05, 4.69) is 5.32 Å². The fraction of sp³-hybridized carbons (Fsp3) is 0.750. The van der Waals surface area contributed by atoms with Crippen LogP contribution in [0.2, 0.25) is 0 Å². The van der Waals surface area contributed by atoms with Crippen LogP contribution in [-0.2, 0) is 23.9 Å². The van der Waals surface area contributed by atoms with Gasteiger partial charge in [0.15, 0.2) is 6.29 Å². The molecule has 172 valence electrons. The first-order valence-corrected chi connectivity index (χ1v) is 8.27. The summed E-state index contributed by atoms with van der Waals surface area (Å²) in [5, 5.41) is 62.4. The summed E-state index contributed by atoms with van der Waals surface area (Å²) in [6.07, 6.45) is -5.28. The molecule has 0 aromatic rings. The van der Waals surface area contributed by atoms with Gasteiger partial charge in [-0.3, -0.25) is 19.2 Å². The van der Waals surface area contributed by atoms with Crippen molar-refractivity contribution in [2.45, 2.75) is 65.3 Å². The van der Waals surface area contributed by atoms with Gasteiger partial charge < -0.3 is 45.8 Å². The predicted octanol–water partition coefficient (Wildman–Crippen LogP) is -2.17. The lowest BCUT2D eigenvalue weighted by Gasteiger charge is -2.40. The molecule has 1 saturated heterocycles. The molecule has 13 heteroatoms. The molecule has 0 saturated carbocycles. The molecular weight excluding hydrogens is 398 g/mol. The topological polar surface area (TPSA) is 231 Å². The maximum atomic E-state index is 11.4. The van der Waals surface area contributed by atoms with Gasteiger partial charge in [-0.2, -0.15) is 0 Å². The Labute approximate surface area is 167 Å². The summed E-state index contributed by atoms with van der Waals surface area (Å²) in [5.74, 6) is -3.19. The van der Waals surface area contributed by atoms with Gasteiger partial charge in [-0.05, 0) is 0 Å². The molecule has 1 aliphatic rings. The number of carboxylic acid groups (broad SMARTS) is 3. The first kappa shape index (κ1) is 31.4. The van der Waals surface area contributed by atoms with Crippen molar-refractivity contribution < 1.29 is 59.7 Å². The number of carboxylic acids is 3. The maximum Gasteiger partial charge on any atom is 0.300 e. The highest BCUT2D eigenvalue weighted by Crippen LogP contribution is 2.19. The van der Waals surface area contributed by atoms with Gasteiger partial charge in [0, 0.05) is 26.7 Å². The predicted molar refractivity (Wildman–Crippen MR) is 96.7 cm³/mol. The van der Waals surface area contributed by atoms with E-state index < -0.39 is 55.2 Å². The molecule has 0 aliphatic carbocycles. The molecule has 0 radical (unpaired) electrons. The Morgan fingerprint density at radius 3 is 1.48 bits per heavy atom. The zero-order chi connectivity index (χ0) is 23.9. The van der Waals surface area contributed by atoms with Crippen molar-refractivity contribution in [3.63, 3.8) is 0 Å². The van der Waals surface area contributed by atoms with E-state index in [1.54, 1.807) is 13.8 Å². The van der Waals surface area contributed by atoms with E-state index in [0.29, 0.717) is 0 Å². The van der Waals surface area contributed by atoms with Crippen LogP contribution >= 0.6 is 0 Å². The number of aliphatic hydroxyl groups is 4. The van der Waals surface area contributed by atoms with Crippen LogP contribution < -0.4 is 5.32 Å². The molecule has 29 heavy (non-hydrogen) atoms. The number of carbonyl (C=O) groups excluding carboxylic acids is 1. The number of hydrogen-bond acceptors (Lipinski definition) is 9. The molecule has 0 aromatic carbocycles. The summed E-state index contributed by atoms with van der Waals surface area (Å²) in [7, 11) is 0. The number of nitrogens with one attached hydrogen (secondary N) is 1. The van der Waals surface area contributed by atoms with Gasteiger partial charge in [-0.1, -0.05) is 13.8 Å². The van der Waals surface area contributed by atoms with Gasteiger partial charge in [-0.25, -0.2) is 0 Å². The van der Waals surface area contributed by atoms with Crippen molar-refractivity contribution in [2.75, 3.05) is 6.61 Å². The number of amides is 1. The Hall–Kier alpha value is -2.32. The summed E-state index contributed by atoms with van der Waals surface area (Å²) < 4.78 is 4.89. The van der Waals surface area contributed by atoms with Gasteiger partial charge >= 0.3 is 0 Å². The van der Waals surface area contributed by atoms with E-state index in [-0.39, 0.29) is 11.8 Å². The third-order valence-corrected chi connectivity index (χ3v) is 2.73. The molecule has 0 spiro atoms. The first-order chi connectivity index (χ1) is 13.1. The molecule has 1 rings (SSSR count). The number of rotatable bonds is 3. The van der Waals surface area contributed by atoms with Crippen LogP contribution in [0.15, 0.2) is 0 Å². The summed E-state index contributed by atoms with van der Waals surface area (Å²) >= 11 is 0. The lowest BCUT2D eigenvalue weighted by atomic mass is 9.96. The average molecular weight is 429 g/mol. The Morgan fingerprint density at radius 1 is 0.862 bits per heavy atom. The second kappa shape index (κ2) is 16.6. The molecule has 1 heterocycles. The van der Waals surface area contributed by atoms with Gasteiger partial charge in [0.1, 0.15) is 24.4 Å². The lowest BCUT2D eigenvalue weighted by molar-refractivity contribution is -0.254. The highest BCUT2D eigenvalue weighted by Gasteiger charge is 2.44. The number of aliphatic carboxylic acids is 3. The van der Waals surface area contributed by atoms with Crippen molar-refractivity contribution >= 4 is 23.8 Å². The van der Waals surface area contributed by atoms with Crippen molar-refractivity contribution in [2.24, 2.45) is 5.92 Å². The average Bonchev–Trinajstić information content (AvgIpc) is 2.53. The third kappa shape index (κ3) is 18.8. The second-order valence-corrected chi connectivity index (χ2v) is 5.97. The smallest absolute Gasteiger partial charge is 0.300 e. The van der Waals surface area contributed by atoms with Crippen LogP contribution in [0, 0.1) is 5.92 Å². The molecule has 8 N–H and O–H groups in total. The maximum absolute atomic E-state index is 11.4. The minimum Gasteiger partial charge on any atom is -0.481 e. The quantitative estimate of drug-likeness (QED) is 0.239. The Morgan fingerprint density at radius 2 is 1.21 bits per heavy atom. The van der Waals surface area contributed by atoms with Gasteiger partial charge in [0.05, 0.1) is 6.61 Å². The highest BCUT2D eigenvalue weighted by molar-refractivity contribution is 5.78. The normalized spacial score (nSPS) is 25.0. The first-order valence-electron chi connectivity index (χ1n) is 8.27.